The van der Waals surface area contributed by atoms with Gasteiger partial charge in [0.25, 0.3) is 0 Å². The van der Waals surface area contributed by atoms with Crippen LogP contribution in [0.2, 0.25) is 5.02 Å². The molecule has 0 aromatic heterocycles. The quantitative estimate of drug-likeness (QED) is 0.713. The fourth-order valence-corrected chi connectivity index (χ4v) is 2.03. The first-order valence-corrected chi connectivity index (χ1v) is 6.93. The average molecular weight is 270 g/mol. The van der Waals surface area contributed by atoms with Gasteiger partial charge in [0.15, 0.2) is 0 Å². The summed E-state index contributed by atoms with van der Waals surface area (Å²) < 4.78 is 5.74. The molecule has 1 saturated carbocycles. The van der Waals surface area contributed by atoms with Crippen molar-refractivity contribution in [2.45, 2.75) is 38.3 Å². The summed E-state index contributed by atoms with van der Waals surface area (Å²) in [6.07, 6.45) is 4.15. The summed E-state index contributed by atoms with van der Waals surface area (Å²) in [4.78, 5) is 0. The van der Waals surface area contributed by atoms with E-state index < -0.39 is 0 Å². The van der Waals surface area contributed by atoms with E-state index in [9.17, 15) is 0 Å². The van der Waals surface area contributed by atoms with Crippen LogP contribution in [0.1, 0.15) is 31.2 Å². The molecule has 0 amide bonds. The van der Waals surface area contributed by atoms with Gasteiger partial charge in [0.05, 0.1) is 11.6 Å². The van der Waals surface area contributed by atoms with Crippen molar-refractivity contribution in [3.63, 3.8) is 0 Å². The molecule has 0 radical (unpaired) electrons. The van der Waals surface area contributed by atoms with Crippen LogP contribution in [0.3, 0.4) is 0 Å². The maximum Gasteiger partial charge on any atom is 0.142 e. The van der Waals surface area contributed by atoms with E-state index in [-0.39, 0.29) is 6.61 Å². The highest BCUT2D eigenvalue weighted by atomic mass is 35.5. The molecule has 0 bridgehead atoms. The van der Waals surface area contributed by atoms with E-state index in [0.717, 1.165) is 30.7 Å². The van der Waals surface area contributed by atoms with Crippen LogP contribution in [-0.2, 0) is 6.54 Å². The van der Waals surface area contributed by atoms with Crippen molar-refractivity contribution in [2.75, 3.05) is 13.2 Å². The zero-order valence-corrected chi connectivity index (χ0v) is 11.2. The van der Waals surface area contributed by atoms with Crippen molar-refractivity contribution in [2.24, 2.45) is 0 Å². The molecular weight excluding hydrogens is 250 g/mol. The van der Waals surface area contributed by atoms with Gasteiger partial charge in [-0.3, -0.25) is 0 Å². The first-order valence-electron chi connectivity index (χ1n) is 6.55. The molecule has 4 heteroatoms. The summed E-state index contributed by atoms with van der Waals surface area (Å²) in [5, 5.41) is 12.9. The Hall–Kier alpha value is -0.770. The number of benzene rings is 1. The van der Waals surface area contributed by atoms with Crippen molar-refractivity contribution >= 4 is 11.6 Å². The number of nitrogens with one attached hydrogen (secondary N) is 1. The predicted molar refractivity (Wildman–Crippen MR) is 73.1 cm³/mol. The van der Waals surface area contributed by atoms with E-state index in [1.54, 1.807) is 0 Å². The van der Waals surface area contributed by atoms with E-state index >= 15 is 0 Å². The van der Waals surface area contributed by atoms with E-state index in [1.165, 1.54) is 12.8 Å². The Labute approximate surface area is 113 Å². The van der Waals surface area contributed by atoms with E-state index in [0.29, 0.717) is 17.7 Å². The number of aliphatic hydroxyl groups is 1. The van der Waals surface area contributed by atoms with Gasteiger partial charge in [0.2, 0.25) is 0 Å². The van der Waals surface area contributed by atoms with Gasteiger partial charge in [0.1, 0.15) is 5.75 Å². The number of aliphatic hydroxyl groups excluding tert-OH is 1. The normalized spacial score (nSPS) is 14.8. The molecule has 0 spiro atoms. The van der Waals surface area contributed by atoms with Crippen molar-refractivity contribution in [3.8, 4) is 5.75 Å². The highest BCUT2D eigenvalue weighted by molar-refractivity contribution is 6.32. The molecule has 0 heterocycles. The molecule has 1 aromatic rings. The third-order valence-electron chi connectivity index (χ3n) is 3.01. The number of ether oxygens (including phenoxy) is 1. The molecule has 2 N–H and O–H groups in total. The summed E-state index contributed by atoms with van der Waals surface area (Å²) in [5.41, 5.74) is 1.11. The average Bonchev–Trinajstić information content (AvgIpc) is 3.18. The molecule has 1 aliphatic carbocycles. The minimum Gasteiger partial charge on any atom is -0.492 e. The summed E-state index contributed by atoms with van der Waals surface area (Å²) in [5.74, 6) is 0.783. The monoisotopic (exact) mass is 269 g/mol. The molecule has 0 atom stereocenters. The summed E-state index contributed by atoms with van der Waals surface area (Å²) in [6.45, 7) is 1.61. The molecule has 2 rings (SSSR count). The lowest BCUT2D eigenvalue weighted by atomic mass is 10.2. The summed E-state index contributed by atoms with van der Waals surface area (Å²) in [6, 6.07) is 6.52. The Morgan fingerprint density at radius 3 is 2.89 bits per heavy atom. The fraction of sp³-hybridized carbons (Fsp3) is 0.571. The minimum absolute atomic E-state index is 0.210. The zero-order valence-electron chi connectivity index (χ0n) is 10.5. The summed E-state index contributed by atoms with van der Waals surface area (Å²) >= 11 is 6.17. The summed E-state index contributed by atoms with van der Waals surface area (Å²) in [7, 11) is 0. The third kappa shape index (κ3) is 4.16. The Kier molecular flexibility index (Phi) is 5.29. The highest BCUT2D eigenvalue weighted by Crippen LogP contribution is 2.29. The van der Waals surface area contributed by atoms with Crippen LogP contribution in [0, 0.1) is 0 Å². The van der Waals surface area contributed by atoms with Gasteiger partial charge in [-0.05, 0) is 31.7 Å². The van der Waals surface area contributed by atoms with E-state index in [4.69, 9.17) is 21.4 Å². The fourth-order valence-electron chi connectivity index (χ4n) is 1.78. The Morgan fingerprint density at radius 2 is 2.17 bits per heavy atom. The molecule has 1 fully saturated rings. The first-order chi connectivity index (χ1) is 8.81. The van der Waals surface area contributed by atoms with Gasteiger partial charge in [-0.2, -0.15) is 0 Å². The number of hydrogen-bond donors (Lipinski definition) is 2. The zero-order chi connectivity index (χ0) is 12.8. The molecule has 0 saturated heterocycles. The van der Waals surface area contributed by atoms with Gasteiger partial charge in [-0.1, -0.05) is 23.7 Å². The lowest BCUT2D eigenvalue weighted by molar-refractivity contribution is 0.252. The second-order valence-corrected chi connectivity index (χ2v) is 5.07. The second kappa shape index (κ2) is 6.98. The Bertz CT molecular complexity index is 380. The van der Waals surface area contributed by atoms with Crippen LogP contribution in [0.25, 0.3) is 0 Å². The standard InChI is InChI=1S/C14H20ClNO2/c15-13-5-3-4-11(10-16-12-6-7-12)14(13)18-9-2-1-8-17/h3-5,12,16-17H,1-2,6-10H2. The number of hydrogen-bond acceptors (Lipinski definition) is 3. The third-order valence-corrected chi connectivity index (χ3v) is 3.30. The van der Waals surface area contributed by atoms with Crippen LogP contribution < -0.4 is 10.1 Å². The highest BCUT2D eigenvalue weighted by Gasteiger charge is 2.20. The first kappa shape index (κ1) is 13.7. The topological polar surface area (TPSA) is 41.5 Å². The minimum atomic E-state index is 0.210. The number of para-hydroxylation sites is 1. The van der Waals surface area contributed by atoms with Crippen LogP contribution in [0.15, 0.2) is 18.2 Å². The second-order valence-electron chi connectivity index (χ2n) is 4.66. The number of halogens is 1. The largest absolute Gasteiger partial charge is 0.492 e. The predicted octanol–water partition coefficient (Wildman–Crippen LogP) is 2.74. The van der Waals surface area contributed by atoms with Crippen molar-refractivity contribution in [1.29, 1.82) is 0 Å². The van der Waals surface area contributed by atoms with E-state index in [1.807, 2.05) is 18.2 Å². The molecule has 18 heavy (non-hydrogen) atoms. The van der Waals surface area contributed by atoms with Crippen LogP contribution in [-0.4, -0.2) is 24.4 Å². The maximum absolute atomic E-state index is 8.73. The number of rotatable bonds is 8. The van der Waals surface area contributed by atoms with Gasteiger partial charge in [-0.15, -0.1) is 0 Å². The molecule has 0 unspecified atom stereocenters. The lowest BCUT2D eigenvalue weighted by Gasteiger charge is -2.13. The maximum atomic E-state index is 8.73. The molecular formula is C14H20ClNO2. The van der Waals surface area contributed by atoms with Crippen molar-refractivity contribution in [3.05, 3.63) is 28.8 Å². The molecule has 1 aliphatic rings. The van der Waals surface area contributed by atoms with Crippen LogP contribution >= 0.6 is 11.6 Å². The lowest BCUT2D eigenvalue weighted by Crippen LogP contribution is -2.16. The molecule has 100 valence electrons. The smallest absolute Gasteiger partial charge is 0.142 e. The molecule has 1 aromatic carbocycles. The van der Waals surface area contributed by atoms with Crippen LogP contribution in [0.4, 0.5) is 0 Å². The van der Waals surface area contributed by atoms with E-state index in [2.05, 4.69) is 5.32 Å². The van der Waals surface area contributed by atoms with Gasteiger partial charge in [0, 0.05) is 24.8 Å². The Balaban J connectivity index is 1.91. The molecule has 0 aliphatic heterocycles. The van der Waals surface area contributed by atoms with Crippen LogP contribution in [0.5, 0.6) is 5.75 Å². The Morgan fingerprint density at radius 1 is 1.33 bits per heavy atom. The van der Waals surface area contributed by atoms with Crippen molar-refractivity contribution < 1.29 is 9.84 Å². The number of unbranched alkanes of at least 4 members (excludes halogenated alkanes) is 1. The van der Waals surface area contributed by atoms with Crippen molar-refractivity contribution in [1.82, 2.24) is 5.32 Å². The van der Waals surface area contributed by atoms with Gasteiger partial charge in [-0.25, -0.2) is 0 Å². The van der Waals surface area contributed by atoms with Gasteiger partial charge >= 0.3 is 0 Å². The molecule has 3 nitrogen and oxygen atoms in total. The SMILES string of the molecule is OCCCCOc1c(Cl)cccc1CNC1CC1. The van der Waals surface area contributed by atoms with Gasteiger partial charge < -0.3 is 15.2 Å².